The summed E-state index contributed by atoms with van der Waals surface area (Å²) in [6.07, 6.45) is -4.85. The summed E-state index contributed by atoms with van der Waals surface area (Å²) in [6, 6.07) is -0.954. The topological polar surface area (TPSA) is 135 Å². The van der Waals surface area contributed by atoms with Crippen LogP contribution >= 0.6 is 0 Å². The van der Waals surface area contributed by atoms with E-state index in [9.17, 15) is 24.6 Å². The Morgan fingerprint density at radius 1 is 0.977 bits per heavy atom. The molecule has 0 aliphatic carbocycles. The molecule has 4 fully saturated rings. The second-order valence-electron chi connectivity index (χ2n) is 14.7. The zero-order chi connectivity index (χ0) is 32.6. The van der Waals surface area contributed by atoms with Crippen LogP contribution < -0.4 is 0 Å². The largest absolute Gasteiger partial charge is 0.458 e. The minimum atomic E-state index is -1.31. The SMILES string of the molecule is CC[C@H]1OC(=O)[C@H](C)[C@@H](O)[C@H](C)[C@@H](OC2OC(C)CC(N(C)C)C2O)C(C)(C)C2(C)[C@@H](C)C(=O)[C@H](C)[C@H]3N2C(=O)O[C@]13C. The monoisotopic (exact) mass is 610 g/mol. The highest BCUT2D eigenvalue weighted by Gasteiger charge is 2.72. The van der Waals surface area contributed by atoms with E-state index < -0.39 is 89.0 Å². The molecule has 4 heterocycles. The highest BCUT2D eigenvalue weighted by molar-refractivity contribution is 5.90. The van der Waals surface area contributed by atoms with Gasteiger partial charge in [0.1, 0.15) is 18.0 Å². The molecule has 4 rings (SSSR count). The van der Waals surface area contributed by atoms with Gasteiger partial charge < -0.3 is 34.1 Å². The number of carbonyl (C=O) groups is 3. The number of esters is 1. The van der Waals surface area contributed by atoms with Crippen molar-refractivity contribution in [2.45, 2.75) is 142 Å². The zero-order valence-electron chi connectivity index (χ0n) is 28.0. The first-order valence-corrected chi connectivity index (χ1v) is 15.9. The highest BCUT2D eigenvalue weighted by atomic mass is 16.7. The fourth-order valence-electron chi connectivity index (χ4n) is 8.69. The normalized spacial score (nSPS) is 48.8. The lowest BCUT2D eigenvalue weighted by Gasteiger charge is -2.62. The number of hydrogen-bond donors (Lipinski definition) is 2. The van der Waals surface area contributed by atoms with Gasteiger partial charge in [0.25, 0.3) is 0 Å². The van der Waals surface area contributed by atoms with Crippen LogP contribution in [0.5, 0.6) is 0 Å². The molecule has 4 bridgehead atoms. The number of ether oxygens (including phenoxy) is 4. The number of aliphatic hydroxyl groups excluding tert-OH is 2. The van der Waals surface area contributed by atoms with Gasteiger partial charge in [0.15, 0.2) is 11.9 Å². The number of aliphatic hydroxyl groups is 2. The van der Waals surface area contributed by atoms with Gasteiger partial charge in [-0.2, -0.15) is 0 Å². The van der Waals surface area contributed by atoms with Gasteiger partial charge in [0, 0.05) is 29.2 Å². The minimum absolute atomic E-state index is 0.0323. The van der Waals surface area contributed by atoms with Gasteiger partial charge in [-0.05, 0) is 54.6 Å². The van der Waals surface area contributed by atoms with E-state index in [2.05, 4.69) is 0 Å². The Morgan fingerprint density at radius 2 is 1.58 bits per heavy atom. The van der Waals surface area contributed by atoms with E-state index in [1.807, 2.05) is 67.5 Å². The molecule has 11 nitrogen and oxygen atoms in total. The number of likely N-dealkylation sites (N-methyl/N-ethyl adjacent to an activating group) is 1. The third-order valence-corrected chi connectivity index (χ3v) is 11.8. The molecule has 0 aromatic rings. The first kappa shape index (κ1) is 34.1. The molecular formula is C32H54N2O9. The number of hydrogen-bond acceptors (Lipinski definition) is 10. The minimum Gasteiger partial charge on any atom is -0.458 e. The van der Waals surface area contributed by atoms with Crippen molar-refractivity contribution in [2.24, 2.45) is 29.1 Å². The second kappa shape index (κ2) is 11.5. The van der Waals surface area contributed by atoms with Crippen molar-refractivity contribution in [1.29, 1.82) is 0 Å². The Balaban J connectivity index is 1.93. The van der Waals surface area contributed by atoms with E-state index in [4.69, 9.17) is 18.9 Å². The van der Waals surface area contributed by atoms with Gasteiger partial charge in [-0.15, -0.1) is 0 Å². The van der Waals surface area contributed by atoms with Crippen molar-refractivity contribution in [2.75, 3.05) is 14.1 Å². The Kier molecular flexibility index (Phi) is 9.14. The number of ketones is 1. The maximum Gasteiger partial charge on any atom is 0.411 e. The molecule has 2 N–H and O–H groups in total. The van der Waals surface area contributed by atoms with Crippen LogP contribution in [0, 0.1) is 29.1 Å². The molecule has 4 aliphatic rings. The van der Waals surface area contributed by atoms with Crippen LogP contribution in [0.1, 0.15) is 82.1 Å². The summed E-state index contributed by atoms with van der Waals surface area (Å²) >= 11 is 0. The Bertz CT molecular complexity index is 1100. The summed E-state index contributed by atoms with van der Waals surface area (Å²) in [7, 11) is 3.78. The fourth-order valence-corrected chi connectivity index (χ4v) is 8.69. The van der Waals surface area contributed by atoms with E-state index in [1.165, 1.54) is 0 Å². The number of carbonyl (C=O) groups excluding carboxylic acids is 3. The van der Waals surface area contributed by atoms with Gasteiger partial charge in [-0.25, -0.2) is 4.79 Å². The highest BCUT2D eigenvalue weighted by Crippen LogP contribution is 2.57. The third-order valence-electron chi connectivity index (χ3n) is 11.8. The number of cyclic esters (lactones) is 1. The lowest BCUT2D eigenvalue weighted by atomic mass is 9.55. The summed E-state index contributed by atoms with van der Waals surface area (Å²) in [6.45, 7) is 18.3. The average molecular weight is 611 g/mol. The summed E-state index contributed by atoms with van der Waals surface area (Å²) in [5.74, 6) is -3.51. The molecular weight excluding hydrogens is 556 g/mol. The van der Waals surface area contributed by atoms with Crippen LogP contribution in [0.25, 0.3) is 0 Å². The summed E-state index contributed by atoms with van der Waals surface area (Å²) in [5.41, 5.74) is -3.50. The maximum absolute atomic E-state index is 14.1. The van der Waals surface area contributed by atoms with E-state index in [1.54, 1.807) is 25.7 Å². The molecule has 0 radical (unpaired) electrons. The predicted molar refractivity (Wildman–Crippen MR) is 158 cm³/mol. The van der Waals surface area contributed by atoms with Gasteiger partial charge in [0.05, 0.1) is 35.8 Å². The second-order valence-corrected chi connectivity index (χ2v) is 14.7. The number of nitrogens with zero attached hydrogens (tertiary/aromatic N) is 2. The van der Waals surface area contributed by atoms with Crippen molar-refractivity contribution in [3.8, 4) is 0 Å². The first-order valence-electron chi connectivity index (χ1n) is 15.9. The molecule has 5 unspecified atom stereocenters. The van der Waals surface area contributed by atoms with Crippen LogP contribution in [-0.2, 0) is 28.5 Å². The summed E-state index contributed by atoms with van der Waals surface area (Å²) in [4.78, 5) is 45.3. The Morgan fingerprint density at radius 3 is 2.14 bits per heavy atom. The molecule has 0 aromatic carbocycles. The van der Waals surface area contributed by atoms with Crippen molar-refractivity contribution < 1.29 is 43.5 Å². The Labute approximate surface area is 256 Å². The van der Waals surface area contributed by atoms with Gasteiger partial charge in [-0.3, -0.25) is 14.5 Å². The average Bonchev–Trinajstić information content (AvgIpc) is 3.22. The van der Waals surface area contributed by atoms with E-state index in [0.29, 0.717) is 12.8 Å². The Hall–Kier alpha value is -1.79. The van der Waals surface area contributed by atoms with Crippen LogP contribution in [0.3, 0.4) is 0 Å². The molecule has 1 amide bonds. The van der Waals surface area contributed by atoms with Crippen LogP contribution in [-0.4, -0.2) is 112 Å². The molecule has 0 aromatic heterocycles. The lowest BCUT2D eigenvalue weighted by molar-refractivity contribution is -0.300. The van der Waals surface area contributed by atoms with Gasteiger partial charge >= 0.3 is 12.1 Å². The number of amides is 1. The van der Waals surface area contributed by atoms with Crippen molar-refractivity contribution >= 4 is 17.8 Å². The molecule has 14 atom stereocenters. The molecule has 43 heavy (non-hydrogen) atoms. The van der Waals surface area contributed by atoms with Crippen molar-refractivity contribution in [3.63, 3.8) is 0 Å². The number of piperidine rings is 1. The fraction of sp³-hybridized carbons (Fsp3) is 0.906. The molecule has 4 aliphatic heterocycles. The first-order chi connectivity index (χ1) is 19.8. The predicted octanol–water partition coefficient (Wildman–Crippen LogP) is 2.99. The summed E-state index contributed by atoms with van der Waals surface area (Å²) in [5, 5.41) is 23.1. The maximum atomic E-state index is 14.1. The molecule has 0 saturated carbocycles. The molecule has 4 saturated heterocycles. The summed E-state index contributed by atoms with van der Waals surface area (Å²) < 4.78 is 25.1. The standard InChI is InChI=1S/C32H54N2O9/c1-13-21-31(9)25-16(3)23(36)19(6)32(10,34(25)29(39)43-31)30(7,8)26(17(4)22(35)18(5)27(38)41-21)42-28-24(37)20(33(11)12)14-15(2)40-28/h15-22,24-26,28,35,37H,13-14H2,1-12H3/t15?,16-,17-,18+,19-,20?,21+,22-,24?,25+,26+,28?,31+,32?/m0/s1. The van der Waals surface area contributed by atoms with Crippen molar-refractivity contribution in [3.05, 3.63) is 0 Å². The van der Waals surface area contributed by atoms with Crippen LogP contribution in [0.4, 0.5) is 4.79 Å². The van der Waals surface area contributed by atoms with E-state index in [0.717, 1.165) is 0 Å². The van der Waals surface area contributed by atoms with Gasteiger partial charge in [0.2, 0.25) is 0 Å². The van der Waals surface area contributed by atoms with Crippen LogP contribution in [0.15, 0.2) is 0 Å². The smallest absolute Gasteiger partial charge is 0.411 e. The number of rotatable bonds is 4. The lowest BCUT2D eigenvalue weighted by Crippen LogP contribution is -2.75. The molecule has 246 valence electrons. The number of Topliss-reactive ketones (excluding diaryl/α,β-unsaturated/α-hetero) is 1. The van der Waals surface area contributed by atoms with E-state index in [-0.39, 0.29) is 17.9 Å². The molecule has 0 spiro atoms. The van der Waals surface area contributed by atoms with E-state index >= 15 is 0 Å². The van der Waals surface area contributed by atoms with Crippen molar-refractivity contribution in [1.82, 2.24) is 9.80 Å². The van der Waals surface area contributed by atoms with Gasteiger partial charge in [-0.1, -0.05) is 41.5 Å². The zero-order valence-corrected chi connectivity index (χ0v) is 28.0. The quantitative estimate of drug-likeness (QED) is 0.458. The molecule has 11 heteroatoms. The third kappa shape index (κ3) is 5.01. The van der Waals surface area contributed by atoms with Crippen LogP contribution in [0.2, 0.25) is 0 Å².